The van der Waals surface area contributed by atoms with Gasteiger partial charge in [-0.1, -0.05) is 6.92 Å². The first-order chi connectivity index (χ1) is 11.4. The van der Waals surface area contributed by atoms with Gasteiger partial charge in [0.1, 0.15) is 0 Å². The van der Waals surface area contributed by atoms with E-state index in [1.165, 1.54) is 6.92 Å². The van der Waals surface area contributed by atoms with Crippen molar-refractivity contribution in [2.45, 2.75) is 49.5 Å². The fourth-order valence-electron chi connectivity index (χ4n) is 1.69. The van der Waals surface area contributed by atoms with Gasteiger partial charge in [-0.3, -0.25) is 0 Å². The molecule has 0 N–H and O–H groups in total. The number of carbonyl (C=O) groups is 1. The summed E-state index contributed by atoms with van der Waals surface area (Å²) < 4.78 is 139. The van der Waals surface area contributed by atoms with Gasteiger partial charge in [0.05, 0.1) is 0 Å². The van der Waals surface area contributed by atoms with E-state index in [0.717, 1.165) is 0 Å². The predicted octanol–water partition coefficient (Wildman–Crippen LogP) is -1.01. The summed E-state index contributed by atoms with van der Waals surface area (Å²) >= 11 is 0. The van der Waals surface area contributed by atoms with Gasteiger partial charge in [0.15, 0.2) is 0 Å². The molecule has 0 radical (unpaired) electrons. The SMILES string of the molecule is CCCN(CCCC(=O)[O-])S(=O)(=O)C(F)(F)C(F)(F)C(F)(F)C(F)(F)F.[K+]. The summed E-state index contributed by atoms with van der Waals surface area (Å²) in [5.41, 5.74) is 0. The van der Waals surface area contributed by atoms with Crippen LogP contribution in [0.4, 0.5) is 39.5 Å². The Kier molecular flexibility index (Phi) is 10.9. The minimum Gasteiger partial charge on any atom is -0.550 e. The monoisotopic (exact) mass is 465 g/mol. The first-order valence-corrected chi connectivity index (χ1v) is 8.21. The standard InChI is InChI=1S/C11H14F9NO4S.K/c1-2-5-21(6-3-4-7(22)23)26(24,25)11(19,20)9(14,15)8(12,13)10(16,17)18;/h2-6H2,1H3,(H,22,23);/q;+1/p-1. The normalized spacial score (nSPS) is 14.2. The van der Waals surface area contributed by atoms with Crippen LogP contribution >= 0.6 is 0 Å². The summed E-state index contributed by atoms with van der Waals surface area (Å²) in [4.78, 5) is 10.2. The van der Waals surface area contributed by atoms with Crippen LogP contribution in [0.3, 0.4) is 0 Å². The van der Waals surface area contributed by atoms with E-state index in [4.69, 9.17) is 0 Å². The Morgan fingerprint density at radius 3 is 1.70 bits per heavy atom. The number of carboxylic acid groups (broad SMARTS) is 1. The number of alkyl halides is 9. The molecule has 156 valence electrons. The first kappa shape index (κ1) is 29.6. The van der Waals surface area contributed by atoms with Gasteiger partial charge in [-0.2, -0.15) is 43.8 Å². The molecule has 0 spiro atoms. The fourth-order valence-corrected chi connectivity index (χ4v) is 3.26. The van der Waals surface area contributed by atoms with Crippen molar-refractivity contribution < 1.29 is 109 Å². The molecule has 0 aliphatic rings. The van der Waals surface area contributed by atoms with Crippen molar-refractivity contribution in [3.05, 3.63) is 0 Å². The summed E-state index contributed by atoms with van der Waals surface area (Å²) in [6.45, 7) is -0.909. The third-order valence-electron chi connectivity index (χ3n) is 3.04. The maximum absolute atomic E-state index is 13.7. The van der Waals surface area contributed by atoms with Crippen molar-refractivity contribution >= 4 is 16.0 Å². The maximum atomic E-state index is 13.7. The molecule has 0 aliphatic carbocycles. The number of sulfonamides is 1. The summed E-state index contributed by atoms with van der Waals surface area (Å²) in [5, 5.41) is 3.39. The molecule has 0 bridgehead atoms. The summed E-state index contributed by atoms with van der Waals surface area (Å²) in [5.74, 6) is -16.4. The van der Waals surface area contributed by atoms with Crippen LogP contribution in [0.5, 0.6) is 0 Å². The topological polar surface area (TPSA) is 77.5 Å². The Bertz CT molecular complexity index is 609. The number of halogens is 9. The first-order valence-electron chi connectivity index (χ1n) is 6.77. The van der Waals surface area contributed by atoms with Crippen LogP contribution in [-0.2, 0) is 14.8 Å². The second kappa shape index (κ2) is 9.93. The second-order valence-electron chi connectivity index (χ2n) is 5.04. The smallest absolute Gasteiger partial charge is 0.550 e. The molecule has 16 heteroatoms. The summed E-state index contributed by atoms with van der Waals surface area (Å²) in [7, 11) is -6.71. The quantitative estimate of drug-likeness (QED) is 0.306. The molecule has 0 unspecified atom stereocenters. The third-order valence-corrected chi connectivity index (χ3v) is 4.99. The zero-order valence-corrected chi connectivity index (χ0v) is 17.9. The predicted molar refractivity (Wildman–Crippen MR) is 65.9 cm³/mol. The number of hydrogen-bond acceptors (Lipinski definition) is 4. The number of carbonyl (C=O) groups excluding carboxylic acids is 1. The van der Waals surface area contributed by atoms with Gasteiger partial charge in [-0.25, -0.2) is 8.42 Å². The number of nitrogens with zero attached hydrogens (tertiary/aromatic N) is 1. The molecule has 0 atom stereocenters. The van der Waals surface area contributed by atoms with Gasteiger partial charge >= 0.3 is 74.7 Å². The van der Waals surface area contributed by atoms with Gasteiger partial charge in [0, 0.05) is 19.1 Å². The van der Waals surface area contributed by atoms with Crippen LogP contribution in [0.15, 0.2) is 0 Å². The molecule has 0 aliphatic heterocycles. The molecule has 0 aromatic carbocycles. The molecule has 0 fully saturated rings. The van der Waals surface area contributed by atoms with E-state index in [9.17, 15) is 57.8 Å². The number of carboxylic acids is 1. The average molecular weight is 465 g/mol. The Morgan fingerprint density at radius 2 is 1.37 bits per heavy atom. The van der Waals surface area contributed by atoms with Crippen LogP contribution in [0.1, 0.15) is 26.2 Å². The van der Waals surface area contributed by atoms with Crippen molar-refractivity contribution in [3.63, 3.8) is 0 Å². The molecule has 27 heavy (non-hydrogen) atoms. The van der Waals surface area contributed by atoms with Gasteiger partial charge in [-0.05, 0) is 19.3 Å². The molecule has 0 amide bonds. The minimum absolute atomic E-state index is 0. The van der Waals surface area contributed by atoms with Gasteiger partial charge in [0.2, 0.25) is 0 Å². The molecular weight excluding hydrogens is 452 g/mol. The average Bonchev–Trinajstić information content (AvgIpc) is 2.44. The van der Waals surface area contributed by atoms with Crippen LogP contribution in [0.2, 0.25) is 0 Å². The summed E-state index contributed by atoms with van der Waals surface area (Å²) in [6.07, 6.45) is -9.07. The number of rotatable bonds is 10. The summed E-state index contributed by atoms with van der Waals surface area (Å²) in [6, 6.07) is 0. The van der Waals surface area contributed by atoms with E-state index in [2.05, 4.69) is 0 Å². The van der Waals surface area contributed by atoms with E-state index in [0.29, 0.717) is 0 Å². The molecule has 0 aromatic rings. The van der Waals surface area contributed by atoms with Crippen LogP contribution < -0.4 is 56.5 Å². The molecule has 0 heterocycles. The maximum Gasteiger partial charge on any atom is 1.00 e. The van der Waals surface area contributed by atoms with Gasteiger partial charge in [-0.15, -0.1) is 0 Å². The zero-order valence-electron chi connectivity index (χ0n) is 13.9. The third kappa shape index (κ3) is 5.94. The Morgan fingerprint density at radius 1 is 0.926 bits per heavy atom. The molecular formula is C11H13F9KNO4S. The molecule has 0 rings (SSSR count). The molecule has 0 saturated heterocycles. The van der Waals surface area contributed by atoms with E-state index < -0.39 is 69.5 Å². The van der Waals surface area contributed by atoms with Crippen molar-refractivity contribution in [3.8, 4) is 0 Å². The van der Waals surface area contributed by atoms with Crippen molar-refractivity contribution in [1.29, 1.82) is 0 Å². The van der Waals surface area contributed by atoms with Crippen LogP contribution in [-0.4, -0.2) is 55.1 Å². The van der Waals surface area contributed by atoms with Crippen molar-refractivity contribution in [2.24, 2.45) is 0 Å². The number of aliphatic carboxylic acids is 1. The minimum atomic E-state index is -7.35. The molecule has 0 aromatic heterocycles. The fraction of sp³-hybridized carbons (Fsp3) is 0.909. The van der Waals surface area contributed by atoms with Crippen molar-refractivity contribution in [2.75, 3.05) is 13.1 Å². The van der Waals surface area contributed by atoms with Crippen LogP contribution in [0, 0.1) is 0 Å². The zero-order chi connectivity index (χ0) is 21.2. The van der Waals surface area contributed by atoms with Gasteiger partial charge < -0.3 is 9.90 Å². The number of hydrogen-bond donors (Lipinski definition) is 0. The Hall–Kier alpha value is 0.386. The van der Waals surface area contributed by atoms with Crippen molar-refractivity contribution in [1.82, 2.24) is 4.31 Å². The van der Waals surface area contributed by atoms with Gasteiger partial charge in [0.25, 0.3) is 10.0 Å². The second-order valence-corrected chi connectivity index (χ2v) is 7.02. The van der Waals surface area contributed by atoms with E-state index in [-0.39, 0.29) is 57.8 Å². The Balaban J connectivity index is 0. The Labute approximate surface area is 190 Å². The molecule has 0 saturated carbocycles. The van der Waals surface area contributed by atoms with E-state index in [1.54, 1.807) is 0 Å². The van der Waals surface area contributed by atoms with E-state index in [1.807, 2.05) is 0 Å². The molecule has 5 nitrogen and oxygen atoms in total. The van der Waals surface area contributed by atoms with Crippen LogP contribution in [0.25, 0.3) is 0 Å². The van der Waals surface area contributed by atoms with E-state index >= 15 is 0 Å². The largest absolute Gasteiger partial charge is 1.00 e.